The number of halogens is 1. The number of methoxy groups -OCH3 is 2. The van der Waals surface area contributed by atoms with Crippen molar-refractivity contribution >= 4 is 44.8 Å². The van der Waals surface area contributed by atoms with Gasteiger partial charge in [0.2, 0.25) is 10.0 Å². The van der Waals surface area contributed by atoms with Crippen LogP contribution in [0.4, 0.5) is 5.69 Å². The van der Waals surface area contributed by atoms with E-state index in [1.165, 1.54) is 55.5 Å². The number of carbonyl (C=O) groups excluding carboxylic acids is 2. The first-order valence-electron chi connectivity index (χ1n) is 10.5. The van der Waals surface area contributed by atoms with Gasteiger partial charge in [-0.3, -0.25) is 14.5 Å². The van der Waals surface area contributed by atoms with Crippen LogP contribution in [0.1, 0.15) is 17.2 Å². The highest BCUT2D eigenvalue weighted by atomic mass is 35.5. The van der Waals surface area contributed by atoms with Gasteiger partial charge in [-0.15, -0.1) is 0 Å². The van der Waals surface area contributed by atoms with Crippen LogP contribution in [0.3, 0.4) is 0 Å². The van der Waals surface area contributed by atoms with Crippen molar-refractivity contribution in [2.45, 2.75) is 10.9 Å². The second-order valence-electron chi connectivity index (χ2n) is 7.82. The van der Waals surface area contributed by atoms with E-state index >= 15 is 0 Å². The number of ketones is 1. The summed E-state index contributed by atoms with van der Waals surface area (Å²) in [6.07, 6.45) is 0. The molecule has 36 heavy (non-hydrogen) atoms. The molecule has 1 aliphatic heterocycles. The average Bonchev–Trinajstić information content (AvgIpc) is 3.13. The number of aliphatic hydroxyl groups excluding tert-OH is 1. The van der Waals surface area contributed by atoms with E-state index in [0.717, 1.165) is 0 Å². The number of hydrogen-bond acceptors (Lipinski definition) is 7. The van der Waals surface area contributed by atoms with Crippen molar-refractivity contribution in [3.8, 4) is 11.5 Å². The minimum absolute atomic E-state index is 0.164. The van der Waals surface area contributed by atoms with Gasteiger partial charge < -0.3 is 14.6 Å². The van der Waals surface area contributed by atoms with Gasteiger partial charge in [-0.2, -0.15) is 0 Å². The highest BCUT2D eigenvalue weighted by Crippen LogP contribution is 2.45. The third kappa shape index (κ3) is 4.53. The molecule has 3 N–H and O–H groups in total. The number of sulfonamides is 1. The smallest absolute Gasteiger partial charge is 0.300 e. The van der Waals surface area contributed by atoms with Crippen LogP contribution < -0.4 is 19.5 Å². The Balaban J connectivity index is 1.97. The molecule has 11 heteroatoms. The normalized spacial score (nSPS) is 17.3. The van der Waals surface area contributed by atoms with Crippen LogP contribution >= 0.6 is 11.6 Å². The fourth-order valence-corrected chi connectivity index (χ4v) is 4.64. The summed E-state index contributed by atoms with van der Waals surface area (Å²) in [6.45, 7) is 0. The van der Waals surface area contributed by atoms with Gasteiger partial charge in [-0.05, 0) is 60.7 Å². The first-order valence-corrected chi connectivity index (χ1v) is 12.4. The highest BCUT2D eigenvalue weighted by molar-refractivity contribution is 7.89. The minimum Gasteiger partial charge on any atom is -0.507 e. The molecule has 1 amide bonds. The van der Waals surface area contributed by atoms with Gasteiger partial charge in [0.05, 0.1) is 30.7 Å². The Hall–Kier alpha value is -3.86. The first-order chi connectivity index (χ1) is 17.1. The van der Waals surface area contributed by atoms with E-state index in [0.29, 0.717) is 22.1 Å². The van der Waals surface area contributed by atoms with E-state index in [9.17, 15) is 23.1 Å². The zero-order valence-corrected chi connectivity index (χ0v) is 20.7. The molecule has 9 nitrogen and oxygen atoms in total. The maximum absolute atomic E-state index is 13.3. The summed E-state index contributed by atoms with van der Waals surface area (Å²) < 4.78 is 34.2. The lowest BCUT2D eigenvalue weighted by Crippen LogP contribution is -2.29. The number of ether oxygens (including phenoxy) is 2. The number of Topliss-reactive ketones (excluding diaryl/α,β-unsaturated/α-hetero) is 1. The largest absolute Gasteiger partial charge is 0.507 e. The van der Waals surface area contributed by atoms with E-state index in [1.54, 1.807) is 30.3 Å². The summed E-state index contributed by atoms with van der Waals surface area (Å²) in [5.74, 6) is -1.48. The summed E-state index contributed by atoms with van der Waals surface area (Å²) in [5.41, 5.74) is 0.701. The molecule has 1 saturated heterocycles. The third-order valence-corrected chi connectivity index (χ3v) is 6.92. The van der Waals surface area contributed by atoms with E-state index in [2.05, 4.69) is 0 Å². The lowest BCUT2D eigenvalue weighted by Gasteiger charge is -2.27. The number of nitrogens with two attached hydrogens (primary N) is 1. The molecule has 0 radical (unpaired) electrons. The van der Waals surface area contributed by atoms with Crippen LogP contribution in [-0.4, -0.2) is 39.4 Å². The van der Waals surface area contributed by atoms with Crippen LogP contribution in [0.5, 0.6) is 11.5 Å². The molecule has 0 bridgehead atoms. The van der Waals surface area contributed by atoms with E-state index < -0.39 is 33.5 Å². The Morgan fingerprint density at radius 3 is 2.17 bits per heavy atom. The van der Waals surface area contributed by atoms with Gasteiger partial charge in [0.25, 0.3) is 11.7 Å². The second-order valence-corrected chi connectivity index (χ2v) is 9.82. The molecule has 0 saturated carbocycles. The molecule has 1 aliphatic rings. The lowest BCUT2D eigenvalue weighted by atomic mass is 9.94. The van der Waals surface area contributed by atoms with Crippen molar-refractivity contribution in [3.05, 3.63) is 88.5 Å². The maximum atomic E-state index is 13.3. The maximum Gasteiger partial charge on any atom is 0.300 e. The number of carbonyl (C=O) groups is 2. The molecule has 1 atom stereocenters. The summed E-state index contributed by atoms with van der Waals surface area (Å²) >= 11 is 5.96. The van der Waals surface area contributed by atoms with Crippen molar-refractivity contribution < 1.29 is 32.6 Å². The van der Waals surface area contributed by atoms with E-state index in [4.69, 9.17) is 26.2 Å². The van der Waals surface area contributed by atoms with Crippen LogP contribution in [0.15, 0.2) is 77.2 Å². The molecule has 0 aromatic heterocycles. The van der Waals surface area contributed by atoms with Crippen molar-refractivity contribution in [2.24, 2.45) is 5.14 Å². The van der Waals surface area contributed by atoms with Gasteiger partial charge >= 0.3 is 0 Å². The van der Waals surface area contributed by atoms with Gasteiger partial charge in [0.1, 0.15) is 17.3 Å². The molecule has 1 fully saturated rings. The Bertz CT molecular complexity index is 1480. The lowest BCUT2D eigenvalue weighted by molar-refractivity contribution is -0.132. The summed E-state index contributed by atoms with van der Waals surface area (Å²) in [6, 6.07) is 15.0. The van der Waals surface area contributed by atoms with Gasteiger partial charge in [-0.25, -0.2) is 13.6 Å². The zero-order valence-electron chi connectivity index (χ0n) is 19.1. The molecule has 0 aliphatic carbocycles. The predicted molar refractivity (Wildman–Crippen MR) is 134 cm³/mol. The Morgan fingerprint density at radius 2 is 1.61 bits per heavy atom. The van der Waals surface area contributed by atoms with E-state index in [-0.39, 0.29) is 21.7 Å². The van der Waals surface area contributed by atoms with Crippen LogP contribution in [0.2, 0.25) is 5.02 Å². The van der Waals surface area contributed by atoms with Crippen molar-refractivity contribution in [3.63, 3.8) is 0 Å². The molecular formula is C25H21ClN2O7S. The predicted octanol–water partition coefficient (Wildman–Crippen LogP) is 3.63. The molecule has 186 valence electrons. The van der Waals surface area contributed by atoms with Crippen LogP contribution in [0.25, 0.3) is 5.76 Å². The number of aliphatic hydroxyl groups is 1. The van der Waals surface area contributed by atoms with Gasteiger partial charge in [0.15, 0.2) is 0 Å². The number of rotatable bonds is 6. The average molecular weight is 529 g/mol. The number of benzene rings is 3. The standard InChI is InChI=1S/C25H21ClN2O7S/c1-34-17-9-12-19(20(13-17)35-2)22-21(23(29)14-3-5-15(26)6-4-14)24(30)25(31)28(22)16-7-10-18(11-8-16)36(27,32)33/h3-13,22,29H,1-2H3,(H2,27,32,33)/b23-21+. The second kappa shape index (κ2) is 9.65. The highest BCUT2D eigenvalue weighted by Gasteiger charge is 2.48. The number of primary sulfonamides is 1. The number of hydrogen-bond donors (Lipinski definition) is 2. The summed E-state index contributed by atoms with van der Waals surface area (Å²) in [7, 11) is -1.08. The Morgan fingerprint density at radius 1 is 0.972 bits per heavy atom. The fraction of sp³-hybridized carbons (Fsp3) is 0.120. The minimum atomic E-state index is -3.98. The summed E-state index contributed by atoms with van der Waals surface area (Å²) in [4.78, 5) is 27.6. The van der Waals surface area contributed by atoms with Crippen molar-refractivity contribution in [2.75, 3.05) is 19.1 Å². The zero-order chi connectivity index (χ0) is 26.2. The topological polar surface area (TPSA) is 136 Å². The molecule has 1 heterocycles. The molecule has 3 aromatic carbocycles. The third-order valence-electron chi connectivity index (χ3n) is 5.74. The fourth-order valence-electron chi connectivity index (χ4n) is 4.00. The first kappa shape index (κ1) is 25.2. The quantitative estimate of drug-likeness (QED) is 0.283. The van der Waals surface area contributed by atoms with Gasteiger partial charge in [-0.1, -0.05) is 11.6 Å². The Kier molecular flexibility index (Phi) is 6.77. The molecular weight excluding hydrogens is 508 g/mol. The van der Waals surface area contributed by atoms with Gasteiger partial charge in [0, 0.05) is 27.9 Å². The Labute approximate surface area is 212 Å². The van der Waals surface area contributed by atoms with Crippen LogP contribution in [-0.2, 0) is 19.6 Å². The summed E-state index contributed by atoms with van der Waals surface area (Å²) in [5, 5.41) is 16.8. The molecule has 0 spiro atoms. The van der Waals surface area contributed by atoms with Crippen LogP contribution in [0, 0.1) is 0 Å². The number of amides is 1. The molecule has 4 rings (SSSR count). The van der Waals surface area contributed by atoms with E-state index in [1.807, 2.05) is 0 Å². The molecule has 3 aromatic rings. The SMILES string of the molecule is COc1ccc(C2/C(=C(\O)c3ccc(Cl)cc3)C(=O)C(=O)N2c2ccc(S(N)(=O)=O)cc2)c(OC)c1. The monoisotopic (exact) mass is 528 g/mol. The van der Waals surface area contributed by atoms with Crippen molar-refractivity contribution in [1.29, 1.82) is 0 Å². The number of anilines is 1. The molecule has 1 unspecified atom stereocenters. The van der Waals surface area contributed by atoms with Crippen molar-refractivity contribution in [1.82, 2.24) is 0 Å². The number of nitrogens with zero attached hydrogens (tertiary/aromatic N) is 1.